The van der Waals surface area contributed by atoms with Crippen LogP contribution in [0.2, 0.25) is 0 Å². The van der Waals surface area contributed by atoms with Gasteiger partial charge in [0.1, 0.15) is 5.82 Å². The Morgan fingerprint density at radius 1 is 1.00 bits per heavy atom. The molecule has 0 saturated carbocycles. The van der Waals surface area contributed by atoms with Gasteiger partial charge in [0.25, 0.3) is 0 Å². The molecule has 1 aromatic carbocycles. The molecule has 26 heavy (non-hydrogen) atoms. The predicted octanol–water partition coefficient (Wildman–Crippen LogP) is 2.03. The van der Waals surface area contributed by atoms with E-state index in [1.807, 2.05) is 0 Å². The molecule has 0 unspecified atom stereocenters. The van der Waals surface area contributed by atoms with Crippen LogP contribution in [0.1, 0.15) is 30.9 Å². The second-order valence-corrected chi connectivity index (χ2v) is 7.34. The number of nitrogens with one attached hydrogen (secondary N) is 1. The van der Waals surface area contributed by atoms with Gasteiger partial charge in [0.05, 0.1) is 13.2 Å². The molecule has 0 bridgehead atoms. The van der Waals surface area contributed by atoms with E-state index in [0.717, 1.165) is 70.4 Å². The number of benzene rings is 1. The fourth-order valence-corrected chi connectivity index (χ4v) is 3.96. The van der Waals surface area contributed by atoms with Crippen molar-refractivity contribution in [3.63, 3.8) is 0 Å². The fourth-order valence-electron chi connectivity index (χ4n) is 3.96. The minimum Gasteiger partial charge on any atom is -0.380 e. The molecule has 3 heterocycles. The quantitative estimate of drug-likeness (QED) is 0.889. The van der Waals surface area contributed by atoms with Gasteiger partial charge in [-0.2, -0.15) is 0 Å². The lowest BCUT2D eigenvalue weighted by Gasteiger charge is -2.23. The van der Waals surface area contributed by atoms with Gasteiger partial charge in [0.2, 0.25) is 0 Å². The lowest BCUT2D eigenvalue weighted by molar-refractivity contribution is 0.140. The summed E-state index contributed by atoms with van der Waals surface area (Å²) in [6.07, 6.45) is 4.54. The fraction of sp³-hybridized carbons (Fsp3) is 0.600. The summed E-state index contributed by atoms with van der Waals surface area (Å²) >= 11 is 0. The summed E-state index contributed by atoms with van der Waals surface area (Å²) in [4.78, 5) is 2.44. The van der Waals surface area contributed by atoms with Crippen LogP contribution < -0.4 is 5.32 Å². The Hall–Kier alpha value is -1.76. The summed E-state index contributed by atoms with van der Waals surface area (Å²) in [5, 5.41) is 12.7. The maximum atomic E-state index is 5.59. The lowest BCUT2D eigenvalue weighted by Crippen LogP contribution is -2.29. The van der Waals surface area contributed by atoms with Crippen molar-refractivity contribution in [3.05, 3.63) is 42.0 Å². The van der Waals surface area contributed by atoms with E-state index < -0.39 is 0 Å². The van der Waals surface area contributed by atoms with Gasteiger partial charge in [-0.15, -0.1) is 10.2 Å². The SMILES string of the molecule is c1ccc(-n2c(CC3CCNCC3)nnc2CN2CCCOCC2)cc1. The molecule has 0 atom stereocenters. The van der Waals surface area contributed by atoms with Crippen LogP contribution in [0.5, 0.6) is 0 Å². The van der Waals surface area contributed by atoms with Crippen LogP contribution in [0.15, 0.2) is 30.3 Å². The number of hydrogen-bond donors (Lipinski definition) is 1. The largest absolute Gasteiger partial charge is 0.380 e. The van der Waals surface area contributed by atoms with Crippen LogP contribution in [0, 0.1) is 5.92 Å². The maximum Gasteiger partial charge on any atom is 0.151 e. The van der Waals surface area contributed by atoms with Gasteiger partial charge in [-0.05, 0) is 50.4 Å². The molecular formula is C20H29N5O. The van der Waals surface area contributed by atoms with E-state index in [-0.39, 0.29) is 0 Å². The van der Waals surface area contributed by atoms with Crippen LogP contribution in [-0.4, -0.2) is 59.1 Å². The summed E-state index contributed by atoms with van der Waals surface area (Å²) in [6.45, 7) is 6.76. The minimum absolute atomic E-state index is 0.697. The number of rotatable bonds is 5. The Balaban J connectivity index is 1.58. The number of nitrogens with zero attached hydrogens (tertiary/aromatic N) is 4. The molecule has 0 radical (unpaired) electrons. The molecule has 1 aromatic heterocycles. The standard InChI is InChI=1S/C20H29N5O/c1-2-5-18(6-3-1)25-19(15-17-7-9-21-10-8-17)22-23-20(25)16-24-11-4-13-26-14-12-24/h1-3,5-6,17,21H,4,7-16H2. The van der Waals surface area contributed by atoms with Crippen molar-refractivity contribution in [1.29, 1.82) is 0 Å². The van der Waals surface area contributed by atoms with Gasteiger partial charge in [-0.3, -0.25) is 9.47 Å². The third kappa shape index (κ3) is 4.31. The first-order valence-electron chi connectivity index (χ1n) is 9.89. The van der Waals surface area contributed by atoms with Crippen molar-refractivity contribution < 1.29 is 4.74 Å². The highest BCUT2D eigenvalue weighted by Gasteiger charge is 2.21. The highest BCUT2D eigenvalue weighted by Crippen LogP contribution is 2.21. The average molecular weight is 355 g/mol. The Morgan fingerprint density at radius 2 is 1.81 bits per heavy atom. The second-order valence-electron chi connectivity index (χ2n) is 7.34. The Morgan fingerprint density at radius 3 is 2.65 bits per heavy atom. The number of piperidine rings is 1. The molecule has 4 rings (SSSR count). The average Bonchev–Trinajstić information content (AvgIpc) is 2.89. The lowest BCUT2D eigenvalue weighted by atomic mass is 9.94. The van der Waals surface area contributed by atoms with Gasteiger partial charge in [0.15, 0.2) is 5.82 Å². The van der Waals surface area contributed by atoms with E-state index in [1.54, 1.807) is 0 Å². The van der Waals surface area contributed by atoms with Crippen LogP contribution in [0.3, 0.4) is 0 Å². The molecule has 2 aromatic rings. The molecular weight excluding hydrogens is 326 g/mol. The van der Waals surface area contributed by atoms with E-state index in [2.05, 4.69) is 55.3 Å². The molecule has 0 amide bonds. The first-order chi connectivity index (χ1) is 12.9. The molecule has 6 heteroatoms. The Bertz CT molecular complexity index is 673. The third-order valence-electron chi connectivity index (χ3n) is 5.42. The van der Waals surface area contributed by atoms with Crippen LogP contribution >= 0.6 is 0 Å². The first kappa shape index (κ1) is 17.6. The summed E-state index contributed by atoms with van der Waals surface area (Å²) in [7, 11) is 0. The monoisotopic (exact) mass is 355 g/mol. The second kappa shape index (κ2) is 8.75. The van der Waals surface area contributed by atoms with Crippen LogP contribution in [-0.2, 0) is 17.7 Å². The Labute approximate surface area is 155 Å². The zero-order chi connectivity index (χ0) is 17.6. The highest BCUT2D eigenvalue weighted by molar-refractivity contribution is 5.34. The van der Waals surface area contributed by atoms with Gasteiger partial charge < -0.3 is 10.1 Å². The number of ether oxygens (including phenoxy) is 1. The number of aromatic nitrogens is 3. The molecule has 140 valence electrons. The molecule has 2 aliphatic heterocycles. The molecule has 1 N–H and O–H groups in total. The smallest absolute Gasteiger partial charge is 0.151 e. The van der Waals surface area contributed by atoms with E-state index >= 15 is 0 Å². The summed E-state index contributed by atoms with van der Waals surface area (Å²) in [5.41, 5.74) is 1.17. The highest BCUT2D eigenvalue weighted by atomic mass is 16.5. The van der Waals surface area contributed by atoms with Crippen molar-refractivity contribution >= 4 is 0 Å². The predicted molar refractivity (Wildman–Crippen MR) is 101 cm³/mol. The zero-order valence-electron chi connectivity index (χ0n) is 15.4. The molecule has 2 saturated heterocycles. The normalized spacial score (nSPS) is 20.2. The molecule has 2 aliphatic rings. The van der Waals surface area contributed by atoms with E-state index in [9.17, 15) is 0 Å². The van der Waals surface area contributed by atoms with Gasteiger partial charge in [0, 0.05) is 31.8 Å². The van der Waals surface area contributed by atoms with Gasteiger partial charge in [-0.25, -0.2) is 0 Å². The topological polar surface area (TPSA) is 55.2 Å². The number of para-hydroxylation sites is 1. The third-order valence-corrected chi connectivity index (χ3v) is 5.42. The molecule has 0 spiro atoms. The van der Waals surface area contributed by atoms with Crippen molar-refractivity contribution in [2.24, 2.45) is 5.92 Å². The van der Waals surface area contributed by atoms with Crippen molar-refractivity contribution in [2.75, 3.05) is 39.4 Å². The van der Waals surface area contributed by atoms with Gasteiger partial charge >= 0.3 is 0 Å². The molecule has 0 aliphatic carbocycles. The van der Waals surface area contributed by atoms with Crippen molar-refractivity contribution in [2.45, 2.75) is 32.2 Å². The zero-order valence-corrected chi connectivity index (χ0v) is 15.4. The first-order valence-corrected chi connectivity index (χ1v) is 9.89. The van der Waals surface area contributed by atoms with Crippen molar-refractivity contribution in [3.8, 4) is 5.69 Å². The van der Waals surface area contributed by atoms with Crippen LogP contribution in [0.25, 0.3) is 5.69 Å². The maximum absolute atomic E-state index is 5.59. The molecule has 2 fully saturated rings. The summed E-state index contributed by atoms with van der Waals surface area (Å²) < 4.78 is 7.88. The van der Waals surface area contributed by atoms with Gasteiger partial charge in [-0.1, -0.05) is 18.2 Å². The summed E-state index contributed by atoms with van der Waals surface area (Å²) in [5.74, 6) is 2.84. The summed E-state index contributed by atoms with van der Waals surface area (Å²) in [6, 6.07) is 10.6. The van der Waals surface area contributed by atoms with E-state index in [1.165, 1.54) is 18.5 Å². The molecule has 6 nitrogen and oxygen atoms in total. The van der Waals surface area contributed by atoms with Crippen molar-refractivity contribution in [1.82, 2.24) is 25.0 Å². The number of hydrogen-bond acceptors (Lipinski definition) is 5. The van der Waals surface area contributed by atoms with Crippen LogP contribution in [0.4, 0.5) is 0 Å². The Kier molecular flexibility index (Phi) is 5.94. The van der Waals surface area contributed by atoms with E-state index in [0.29, 0.717) is 5.92 Å². The van der Waals surface area contributed by atoms with E-state index in [4.69, 9.17) is 4.74 Å². The minimum atomic E-state index is 0.697.